The Morgan fingerprint density at radius 1 is 0.800 bits per heavy atom. The number of carbonyl (C=O) groups excluding carboxylic acids is 2. The third kappa shape index (κ3) is 2.94. The fourth-order valence-corrected chi connectivity index (χ4v) is 3.48. The Hall–Kier alpha value is -2.59. The monoisotopic (exact) mass is 353 g/mol. The summed E-state index contributed by atoms with van der Waals surface area (Å²) in [7, 11) is 0. The van der Waals surface area contributed by atoms with E-state index in [9.17, 15) is 9.59 Å². The van der Waals surface area contributed by atoms with Crippen molar-refractivity contribution in [2.75, 3.05) is 4.90 Å². The Kier molecular flexibility index (Phi) is 4.06. The summed E-state index contributed by atoms with van der Waals surface area (Å²) in [5.74, 6) is 0.647. The highest BCUT2D eigenvalue weighted by atomic mass is 35.5. The minimum atomic E-state index is -0.220. The van der Waals surface area contributed by atoms with Crippen LogP contribution in [-0.2, 0) is 9.59 Å². The average Bonchev–Trinajstić information content (AvgIpc) is 2.89. The highest BCUT2D eigenvalue weighted by molar-refractivity contribution is 6.30. The zero-order valence-electron chi connectivity index (χ0n) is 13.4. The SMILES string of the molecule is O=C1C2CC=CCC2C(=O)N1c1ccc(Oc2ccc(Cl)cc2)cc1. The summed E-state index contributed by atoms with van der Waals surface area (Å²) in [6.45, 7) is 0. The molecule has 2 aromatic carbocycles. The molecule has 5 heteroatoms. The van der Waals surface area contributed by atoms with Gasteiger partial charge in [-0.1, -0.05) is 23.8 Å². The number of nitrogens with zero attached hydrogens (tertiary/aromatic N) is 1. The minimum Gasteiger partial charge on any atom is -0.457 e. The number of rotatable bonds is 3. The van der Waals surface area contributed by atoms with E-state index in [1.54, 1.807) is 48.5 Å². The van der Waals surface area contributed by atoms with Crippen molar-refractivity contribution in [1.82, 2.24) is 0 Å². The molecule has 2 aromatic rings. The molecule has 2 aliphatic rings. The van der Waals surface area contributed by atoms with Gasteiger partial charge in [-0.3, -0.25) is 14.5 Å². The van der Waals surface area contributed by atoms with Crippen molar-refractivity contribution in [3.05, 3.63) is 65.7 Å². The Morgan fingerprint density at radius 2 is 1.28 bits per heavy atom. The van der Waals surface area contributed by atoms with E-state index in [2.05, 4.69) is 0 Å². The fourth-order valence-electron chi connectivity index (χ4n) is 3.36. The average molecular weight is 354 g/mol. The maximum atomic E-state index is 12.6. The number of anilines is 1. The van der Waals surface area contributed by atoms with Crippen molar-refractivity contribution >= 4 is 29.1 Å². The van der Waals surface area contributed by atoms with E-state index in [1.165, 1.54) is 4.90 Å². The van der Waals surface area contributed by atoms with Crippen LogP contribution in [0.25, 0.3) is 0 Å². The van der Waals surface area contributed by atoms with Gasteiger partial charge in [-0.05, 0) is 61.4 Å². The van der Waals surface area contributed by atoms with Gasteiger partial charge in [-0.2, -0.15) is 0 Å². The molecule has 0 bridgehead atoms. The summed E-state index contributed by atoms with van der Waals surface area (Å²) in [6.07, 6.45) is 5.25. The van der Waals surface area contributed by atoms with Crippen molar-refractivity contribution in [3.8, 4) is 11.5 Å². The number of allylic oxidation sites excluding steroid dienone is 2. The van der Waals surface area contributed by atoms with Gasteiger partial charge in [-0.25, -0.2) is 0 Å². The van der Waals surface area contributed by atoms with Crippen LogP contribution >= 0.6 is 11.6 Å². The maximum Gasteiger partial charge on any atom is 0.238 e. The molecule has 2 unspecified atom stereocenters. The van der Waals surface area contributed by atoms with Crippen molar-refractivity contribution in [1.29, 1.82) is 0 Å². The number of ether oxygens (including phenoxy) is 1. The molecule has 0 N–H and O–H groups in total. The van der Waals surface area contributed by atoms with Crippen molar-refractivity contribution in [3.63, 3.8) is 0 Å². The molecule has 4 nitrogen and oxygen atoms in total. The summed E-state index contributed by atoms with van der Waals surface area (Å²) in [4.78, 5) is 26.5. The molecule has 25 heavy (non-hydrogen) atoms. The first kappa shape index (κ1) is 15.9. The van der Waals surface area contributed by atoms with E-state index in [1.807, 2.05) is 12.2 Å². The van der Waals surface area contributed by atoms with Crippen molar-refractivity contribution < 1.29 is 14.3 Å². The lowest BCUT2D eigenvalue weighted by atomic mass is 9.85. The van der Waals surface area contributed by atoms with Gasteiger partial charge < -0.3 is 4.74 Å². The first-order chi connectivity index (χ1) is 12.1. The fraction of sp³-hybridized carbons (Fsp3) is 0.200. The third-order valence-corrected chi connectivity index (χ3v) is 4.90. The molecule has 1 saturated heterocycles. The van der Waals surface area contributed by atoms with Gasteiger partial charge in [0.05, 0.1) is 17.5 Å². The van der Waals surface area contributed by atoms with Crippen LogP contribution in [0.1, 0.15) is 12.8 Å². The Labute approximate surface area is 150 Å². The molecular formula is C20H16ClNO3. The summed E-state index contributed by atoms with van der Waals surface area (Å²) in [6, 6.07) is 14.1. The molecule has 1 aliphatic carbocycles. The van der Waals surface area contributed by atoms with Crippen LogP contribution in [0.3, 0.4) is 0 Å². The number of halogens is 1. The lowest BCUT2D eigenvalue weighted by molar-refractivity contribution is -0.122. The molecule has 1 heterocycles. The summed E-state index contributed by atoms with van der Waals surface area (Å²) >= 11 is 5.86. The number of hydrogen-bond acceptors (Lipinski definition) is 3. The second-order valence-electron chi connectivity index (χ2n) is 6.22. The second kappa shape index (κ2) is 6.37. The number of carbonyl (C=O) groups is 2. The second-order valence-corrected chi connectivity index (χ2v) is 6.65. The van der Waals surface area contributed by atoms with Crippen LogP contribution in [0.5, 0.6) is 11.5 Å². The summed E-state index contributed by atoms with van der Waals surface area (Å²) in [5, 5.41) is 0.643. The summed E-state index contributed by atoms with van der Waals surface area (Å²) in [5.41, 5.74) is 0.591. The molecule has 126 valence electrons. The highest BCUT2D eigenvalue weighted by Gasteiger charge is 2.47. The zero-order valence-corrected chi connectivity index (χ0v) is 14.1. The van der Waals surface area contributed by atoms with Crippen molar-refractivity contribution in [2.24, 2.45) is 11.8 Å². The third-order valence-electron chi connectivity index (χ3n) is 4.65. The Balaban J connectivity index is 1.53. The van der Waals surface area contributed by atoms with E-state index in [-0.39, 0.29) is 23.7 Å². The lowest BCUT2D eigenvalue weighted by Crippen LogP contribution is -2.30. The van der Waals surface area contributed by atoms with E-state index in [0.29, 0.717) is 35.1 Å². The number of imide groups is 1. The largest absolute Gasteiger partial charge is 0.457 e. The zero-order chi connectivity index (χ0) is 17.4. The van der Waals surface area contributed by atoms with E-state index >= 15 is 0 Å². The molecule has 0 saturated carbocycles. The van der Waals surface area contributed by atoms with Gasteiger partial charge in [0.1, 0.15) is 11.5 Å². The number of fused-ring (bicyclic) bond motifs is 1. The van der Waals surface area contributed by atoms with Crippen LogP contribution < -0.4 is 9.64 Å². The smallest absolute Gasteiger partial charge is 0.238 e. The maximum absolute atomic E-state index is 12.6. The van der Waals surface area contributed by atoms with E-state index in [0.717, 1.165) is 0 Å². The number of amides is 2. The number of hydrogen-bond donors (Lipinski definition) is 0. The first-order valence-corrected chi connectivity index (χ1v) is 8.57. The molecule has 2 atom stereocenters. The van der Waals surface area contributed by atoms with Gasteiger partial charge >= 0.3 is 0 Å². The van der Waals surface area contributed by atoms with Crippen LogP contribution in [0.15, 0.2) is 60.7 Å². The van der Waals surface area contributed by atoms with Gasteiger partial charge in [0.15, 0.2) is 0 Å². The molecule has 1 fully saturated rings. The molecule has 0 radical (unpaired) electrons. The van der Waals surface area contributed by atoms with Gasteiger partial charge in [0.25, 0.3) is 0 Å². The molecule has 1 aliphatic heterocycles. The Morgan fingerprint density at radius 3 is 1.80 bits per heavy atom. The number of benzene rings is 2. The van der Waals surface area contributed by atoms with Gasteiger partial charge in [0.2, 0.25) is 11.8 Å². The highest BCUT2D eigenvalue weighted by Crippen LogP contribution is 2.38. The Bertz CT molecular complexity index is 816. The van der Waals surface area contributed by atoms with Crippen LogP contribution in [0.4, 0.5) is 5.69 Å². The minimum absolute atomic E-state index is 0.106. The predicted molar refractivity (Wildman–Crippen MR) is 95.8 cm³/mol. The normalized spacial score (nSPS) is 22.2. The molecule has 4 rings (SSSR count). The van der Waals surface area contributed by atoms with Crippen molar-refractivity contribution in [2.45, 2.75) is 12.8 Å². The van der Waals surface area contributed by atoms with Gasteiger partial charge in [0, 0.05) is 5.02 Å². The molecule has 0 aromatic heterocycles. The topological polar surface area (TPSA) is 46.6 Å². The first-order valence-electron chi connectivity index (χ1n) is 8.20. The lowest BCUT2D eigenvalue weighted by Gasteiger charge is -2.15. The van der Waals surface area contributed by atoms with Crippen LogP contribution in [0, 0.1) is 11.8 Å². The van der Waals surface area contributed by atoms with E-state index < -0.39 is 0 Å². The van der Waals surface area contributed by atoms with Crippen LogP contribution in [-0.4, -0.2) is 11.8 Å². The summed E-state index contributed by atoms with van der Waals surface area (Å²) < 4.78 is 5.74. The van der Waals surface area contributed by atoms with Crippen LogP contribution in [0.2, 0.25) is 5.02 Å². The predicted octanol–water partition coefficient (Wildman–Crippen LogP) is 4.59. The van der Waals surface area contributed by atoms with Gasteiger partial charge in [-0.15, -0.1) is 0 Å². The molecular weight excluding hydrogens is 338 g/mol. The molecule has 0 spiro atoms. The molecule has 2 amide bonds. The standard InChI is InChI=1S/C20H16ClNO3/c21-13-5-9-15(10-6-13)25-16-11-7-14(8-12-16)22-19(23)17-3-1-2-4-18(17)20(22)24/h1-2,5-12,17-18H,3-4H2. The van der Waals surface area contributed by atoms with E-state index in [4.69, 9.17) is 16.3 Å². The quantitative estimate of drug-likeness (QED) is 0.599.